The Morgan fingerprint density at radius 3 is 2.41 bits per heavy atom. The number of carbonyl (C=O) groups is 1. The first-order chi connectivity index (χ1) is 7.69. The molecule has 1 aromatic rings. The summed E-state index contributed by atoms with van der Waals surface area (Å²) in [7, 11) is 1.80. The van der Waals surface area contributed by atoms with E-state index in [1.807, 2.05) is 0 Å². The molecule has 1 aliphatic carbocycles. The summed E-state index contributed by atoms with van der Waals surface area (Å²) >= 11 is 0. The summed E-state index contributed by atoms with van der Waals surface area (Å²) in [5, 5.41) is 3.13. The summed E-state index contributed by atoms with van der Waals surface area (Å²) in [5.41, 5.74) is 0.285. The Balaban J connectivity index is 0.00000144. The van der Waals surface area contributed by atoms with Crippen molar-refractivity contribution in [2.75, 3.05) is 7.05 Å². The van der Waals surface area contributed by atoms with Crippen LogP contribution in [-0.2, 0) is 10.3 Å². The molecule has 1 unspecified atom stereocenters. The van der Waals surface area contributed by atoms with Crippen LogP contribution in [0, 0.1) is 5.82 Å². The number of benzene rings is 1. The highest BCUT2D eigenvalue weighted by Crippen LogP contribution is 2.34. The predicted molar refractivity (Wildman–Crippen MR) is 67.9 cm³/mol. The molecule has 2 nitrogen and oxygen atoms in total. The third-order valence-electron chi connectivity index (χ3n) is 3.45. The second-order valence-corrected chi connectivity index (χ2v) is 4.29. The summed E-state index contributed by atoms with van der Waals surface area (Å²) in [6, 6.07) is 6.23. The van der Waals surface area contributed by atoms with E-state index >= 15 is 0 Å². The van der Waals surface area contributed by atoms with Crippen molar-refractivity contribution in [2.45, 2.75) is 31.2 Å². The number of carbonyl (C=O) groups excluding carboxylic acids is 1. The van der Waals surface area contributed by atoms with Crippen LogP contribution in [0.1, 0.15) is 31.2 Å². The molecule has 0 amide bonds. The summed E-state index contributed by atoms with van der Waals surface area (Å²) in [4.78, 5) is 12.1. The Morgan fingerprint density at radius 1 is 1.24 bits per heavy atom. The van der Waals surface area contributed by atoms with Gasteiger partial charge in [-0.05, 0) is 37.6 Å². The lowest BCUT2D eigenvalue weighted by Crippen LogP contribution is -2.49. The van der Waals surface area contributed by atoms with E-state index in [0.29, 0.717) is 6.42 Å². The van der Waals surface area contributed by atoms with E-state index in [1.54, 1.807) is 19.2 Å². The first kappa shape index (κ1) is 14.1. The number of hydrogen-bond acceptors (Lipinski definition) is 2. The monoisotopic (exact) mass is 257 g/mol. The molecule has 1 saturated carbocycles. The van der Waals surface area contributed by atoms with Gasteiger partial charge in [-0.3, -0.25) is 4.79 Å². The highest BCUT2D eigenvalue weighted by atomic mass is 35.5. The number of nitrogens with one attached hydrogen (secondary N) is 1. The van der Waals surface area contributed by atoms with Gasteiger partial charge in [0, 0.05) is 6.42 Å². The predicted octanol–water partition coefficient (Wildman–Crippen LogP) is 2.81. The largest absolute Gasteiger partial charge is 0.304 e. The molecule has 94 valence electrons. The van der Waals surface area contributed by atoms with Crippen LogP contribution in [0.4, 0.5) is 4.39 Å². The normalized spacial score (nSPS) is 24.2. The van der Waals surface area contributed by atoms with E-state index in [2.05, 4.69) is 5.32 Å². The fourth-order valence-electron chi connectivity index (χ4n) is 2.48. The molecule has 1 aromatic carbocycles. The molecule has 0 heterocycles. The molecule has 0 aromatic heterocycles. The quantitative estimate of drug-likeness (QED) is 0.883. The standard InChI is InChI=1S/C13H16FNO.ClH/c1-15-13(9-3-2-4-12(13)16)10-5-7-11(14)8-6-10;/h5-8,15H,2-4,9H2,1H3;1H. The summed E-state index contributed by atoms with van der Waals surface area (Å²) < 4.78 is 12.9. The maximum absolute atomic E-state index is 12.9. The van der Waals surface area contributed by atoms with Crippen LogP contribution < -0.4 is 5.32 Å². The Hall–Kier alpha value is -0.930. The van der Waals surface area contributed by atoms with Crippen LogP contribution in [0.5, 0.6) is 0 Å². The molecule has 17 heavy (non-hydrogen) atoms. The van der Waals surface area contributed by atoms with Crippen molar-refractivity contribution in [2.24, 2.45) is 0 Å². The average Bonchev–Trinajstić information content (AvgIpc) is 2.31. The van der Waals surface area contributed by atoms with Gasteiger partial charge in [0.25, 0.3) is 0 Å². The fraction of sp³-hybridized carbons (Fsp3) is 0.462. The zero-order valence-corrected chi connectivity index (χ0v) is 10.6. The molecule has 0 bridgehead atoms. The van der Waals surface area contributed by atoms with E-state index < -0.39 is 5.54 Å². The Labute approximate surface area is 107 Å². The zero-order chi connectivity index (χ0) is 11.6. The minimum Gasteiger partial charge on any atom is -0.304 e. The van der Waals surface area contributed by atoms with Crippen molar-refractivity contribution in [3.05, 3.63) is 35.6 Å². The van der Waals surface area contributed by atoms with Gasteiger partial charge in [0.1, 0.15) is 11.4 Å². The minimum absolute atomic E-state index is 0. The van der Waals surface area contributed by atoms with Gasteiger partial charge in [-0.15, -0.1) is 12.4 Å². The van der Waals surface area contributed by atoms with E-state index in [-0.39, 0.29) is 24.0 Å². The first-order valence-corrected chi connectivity index (χ1v) is 5.67. The van der Waals surface area contributed by atoms with Crippen molar-refractivity contribution in [3.63, 3.8) is 0 Å². The van der Waals surface area contributed by atoms with Crippen LogP contribution in [-0.4, -0.2) is 12.8 Å². The van der Waals surface area contributed by atoms with Crippen molar-refractivity contribution < 1.29 is 9.18 Å². The summed E-state index contributed by atoms with van der Waals surface area (Å²) in [5.74, 6) is -0.0499. The SMILES string of the molecule is CNC1(c2ccc(F)cc2)CCCCC1=O.Cl. The number of Topliss-reactive ketones (excluding diaryl/α,β-unsaturated/α-hetero) is 1. The molecule has 4 heteroatoms. The van der Waals surface area contributed by atoms with Crippen LogP contribution in [0.3, 0.4) is 0 Å². The number of rotatable bonds is 2. The minimum atomic E-state index is -0.591. The summed E-state index contributed by atoms with van der Waals surface area (Å²) in [6.45, 7) is 0. The Bertz CT molecular complexity index is 393. The highest BCUT2D eigenvalue weighted by Gasteiger charge is 2.39. The first-order valence-electron chi connectivity index (χ1n) is 5.67. The van der Waals surface area contributed by atoms with Crippen LogP contribution in [0.15, 0.2) is 24.3 Å². The Morgan fingerprint density at radius 2 is 1.88 bits per heavy atom. The molecule has 1 N–H and O–H groups in total. The van der Waals surface area contributed by atoms with E-state index in [1.165, 1.54) is 12.1 Å². The zero-order valence-electron chi connectivity index (χ0n) is 9.83. The lowest BCUT2D eigenvalue weighted by atomic mass is 9.75. The molecular formula is C13H17ClFNO. The van der Waals surface area contributed by atoms with Crippen molar-refractivity contribution in [1.29, 1.82) is 0 Å². The van der Waals surface area contributed by atoms with Gasteiger partial charge in [-0.2, -0.15) is 0 Å². The number of likely N-dealkylation sites (N-methyl/N-ethyl adjacent to an activating group) is 1. The van der Waals surface area contributed by atoms with Crippen LogP contribution in [0.25, 0.3) is 0 Å². The maximum Gasteiger partial charge on any atom is 0.157 e. The number of ketones is 1. The van der Waals surface area contributed by atoms with Gasteiger partial charge in [0.15, 0.2) is 5.78 Å². The molecular weight excluding hydrogens is 241 g/mol. The van der Waals surface area contributed by atoms with Crippen LogP contribution >= 0.6 is 12.4 Å². The molecule has 1 atom stereocenters. The van der Waals surface area contributed by atoms with Crippen molar-refractivity contribution in [3.8, 4) is 0 Å². The van der Waals surface area contributed by atoms with Crippen molar-refractivity contribution >= 4 is 18.2 Å². The smallest absolute Gasteiger partial charge is 0.157 e. The molecule has 0 spiro atoms. The Kier molecular flexibility index (Phi) is 4.66. The summed E-state index contributed by atoms with van der Waals surface area (Å²) in [6.07, 6.45) is 3.40. The maximum atomic E-state index is 12.9. The number of halogens is 2. The average molecular weight is 258 g/mol. The van der Waals surface area contributed by atoms with Gasteiger partial charge < -0.3 is 5.32 Å². The topological polar surface area (TPSA) is 29.1 Å². The van der Waals surface area contributed by atoms with E-state index in [4.69, 9.17) is 0 Å². The molecule has 1 aliphatic rings. The third kappa shape index (κ3) is 2.50. The van der Waals surface area contributed by atoms with Gasteiger partial charge in [-0.25, -0.2) is 4.39 Å². The van der Waals surface area contributed by atoms with Gasteiger partial charge in [0.05, 0.1) is 0 Å². The molecule has 1 fully saturated rings. The third-order valence-corrected chi connectivity index (χ3v) is 3.45. The van der Waals surface area contributed by atoms with E-state index in [0.717, 1.165) is 24.8 Å². The molecule has 0 radical (unpaired) electrons. The second-order valence-electron chi connectivity index (χ2n) is 4.29. The lowest BCUT2D eigenvalue weighted by molar-refractivity contribution is -0.127. The van der Waals surface area contributed by atoms with Gasteiger partial charge in [0.2, 0.25) is 0 Å². The van der Waals surface area contributed by atoms with Gasteiger partial charge >= 0.3 is 0 Å². The second kappa shape index (κ2) is 5.61. The van der Waals surface area contributed by atoms with E-state index in [9.17, 15) is 9.18 Å². The van der Waals surface area contributed by atoms with Crippen molar-refractivity contribution in [1.82, 2.24) is 5.32 Å². The molecule has 0 aliphatic heterocycles. The van der Waals surface area contributed by atoms with Crippen LogP contribution in [0.2, 0.25) is 0 Å². The lowest BCUT2D eigenvalue weighted by Gasteiger charge is -2.36. The molecule has 0 saturated heterocycles. The highest BCUT2D eigenvalue weighted by molar-refractivity contribution is 5.90. The molecule has 2 rings (SSSR count). The van der Waals surface area contributed by atoms with Gasteiger partial charge in [-0.1, -0.05) is 18.6 Å². The fourth-order valence-corrected chi connectivity index (χ4v) is 2.48. The number of hydrogen-bond donors (Lipinski definition) is 1.